The molecule has 0 atom stereocenters. The molecule has 0 bridgehead atoms. The van der Waals surface area contributed by atoms with Crippen molar-refractivity contribution >= 4 is 38.2 Å². The van der Waals surface area contributed by atoms with E-state index in [-0.39, 0.29) is 0 Å². The number of hydrogen-bond donors (Lipinski definition) is 0. The molecule has 0 radical (unpaired) electrons. The molecule has 1 nitrogen and oxygen atoms in total. The maximum atomic E-state index is 3.03. The average Bonchev–Trinajstić information content (AvgIpc) is 1.49. The van der Waals surface area contributed by atoms with E-state index in [1.807, 2.05) is 0 Å². The molecule has 0 amide bonds. The van der Waals surface area contributed by atoms with Crippen LogP contribution in [0.2, 0.25) is 48.6 Å². The molecule has 0 heterocycles. The first-order valence-corrected chi connectivity index (χ1v) is 19.8. The first kappa shape index (κ1) is 13.3. The summed E-state index contributed by atoms with van der Waals surface area (Å²) in [5.41, 5.74) is 0. The Balaban J connectivity index is 4.70. The molecule has 0 unspecified atom stereocenters. The SMILES string of the molecule is [CH3][In]([CH3])[N]([Si](C)(C)C)[Si](C)(C)C. The van der Waals surface area contributed by atoms with E-state index in [1.165, 1.54) is 0 Å². The molecule has 0 rings (SSSR count). The second kappa shape index (κ2) is 4.19. The third kappa shape index (κ3) is 3.98. The predicted molar refractivity (Wildman–Crippen MR) is 66.0 cm³/mol. The van der Waals surface area contributed by atoms with Gasteiger partial charge in [0.15, 0.2) is 0 Å². The Hall–Kier alpha value is 1.26. The second-order valence-electron chi connectivity index (χ2n) is 5.81. The van der Waals surface area contributed by atoms with Gasteiger partial charge in [-0.1, -0.05) is 0 Å². The quantitative estimate of drug-likeness (QED) is 0.724. The Morgan fingerprint density at radius 2 is 1.00 bits per heavy atom. The molecule has 0 saturated heterocycles. The first-order valence-electron chi connectivity index (χ1n) is 4.86. The minimum absolute atomic E-state index is 0.997. The number of rotatable bonds is 3. The van der Waals surface area contributed by atoms with Crippen LogP contribution in [-0.2, 0) is 0 Å². The Kier molecular flexibility index (Phi) is 4.63. The van der Waals surface area contributed by atoms with Crippen LogP contribution in [0.4, 0.5) is 0 Å². The summed E-state index contributed by atoms with van der Waals surface area (Å²) in [5.74, 6) is 0. The van der Waals surface area contributed by atoms with E-state index in [4.69, 9.17) is 0 Å². The van der Waals surface area contributed by atoms with Crippen molar-refractivity contribution < 1.29 is 0 Å². The van der Waals surface area contributed by atoms with Crippen molar-refractivity contribution in [3.05, 3.63) is 0 Å². The van der Waals surface area contributed by atoms with Crippen LogP contribution in [0.1, 0.15) is 0 Å². The third-order valence-electron chi connectivity index (χ3n) is 1.96. The van der Waals surface area contributed by atoms with E-state index in [1.54, 1.807) is 0 Å². The summed E-state index contributed by atoms with van der Waals surface area (Å²) in [5, 5.41) is 0. The van der Waals surface area contributed by atoms with Crippen molar-refractivity contribution in [2.75, 3.05) is 0 Å². The van der Waals surface area contributed by atoms with Gasteiger partial charge in [0.25, 0.3) is 0 Å². The fourth-order valence-corrected chi connectivity index (χ4v) is 40.2. The van der Waals surface area contributed by atoms with Gasteiger partial charge in [0.05, 0.1) is 0 Å². The summed E-state index contributed by atoms with van der Waals surface area (Å²) in [6, 6.07) is 0. The molecule has 0 aliphatic rings. The fourth-order valence-electron chi connectivity index (χ4n) is 2.56. The zero-order valence-corrected chi connectivity index (χ0v) is 15.3. The molecule has 4 heteroatoms. The predicted octanol–water partition coefficient (Wildman–Crippen LogP) is 3.21. The average molecular weight is 305 g/mol. The monoisotopic (exact) mass is 305 g/mol. The van der Waals surface area contributed by atoms with Crippen molar-refractivity contribution in [2.24, 2.45) is 0 Å². The van der Waals surface area contributed by atoms with Crippen molar-refractivity contribution in [1.29, 1.82) is 0 Å². The molecule has 0 aromatic rings. The van der Waals surface area contributed by atoms with Gasteiger partial charge in [-0.25, -0.2) is 0 Å². The number of hydrogen-bond acceptors (Lipinski definition) is 1. The van der Waals surface area contributed by atoms with Crippen LogP contribution in [0.25, 0.3) is 0 Å². The molecular formula is C8H24InNSi2. The van der Waals surface area contributed by atoms with Crippen molar-refractivity contribution in [1.82, 2.24) is 2.22 Å². The van der Waals surface area contributed by atoms with Crippen LogP contribution in [0.15, 0.2) is 0 Å². The van der Waals surface area contributed by atoms with E-state index in [2.05, 4.69) is 50.9 Å². The van der Waals surface area contributed by atoms with Gasteiger partial charge in [-0.05, 0) is 0 Å². The maximum absolute atomic E-state index is 3.03. The van der Waals surface area contributed by atoms with Crippen molar-refractivity contribution in [3.8, 4) is 0 Å². The summed E-state index contributed by atoms with van der Waals surface area (Å²) < 4.78 is 8.11. The molecule has 0 aromatic heterocycles. The van der Waals surface area contributed by atoms with Gasteiger partial charge in [-0.3, -0.25) is 0 Å². The molecule has 0 aromatic carbocycles. The molecule has 0 N–H and O–H groups in total. The Labute approximate surface area is 88.6 Å². The molecule has 0 aliphatic heterocycles. The first-order chi connectivity index (χ1) is 5.07. The summed E-state index contributed by atoms with van der Waals surface area (Å²) in [4.78, 5) is 0. The summed E-state index contributed by atoms with van der Waals surface area (Å²) in [6.45, 7) is 15.0. The molecule has 0 aliphatic carbocycles. The van der Waals surface area contributed by atoms with Crippen molar-refractivity contribution in [2.45, 2.75) is 48.6 Å². The van der Waals surface area contributed by atoms with Crippen LogP contribution in [0.5, 0.6) is 0 Å². The Bertz CT molecular complexity index is 132. The second-order valence-corrected chi connectivity index (χ2v) is 26.6. The fraction of sp³-hybridized carbons (Fsp3) is 1.00. The summed E-state index contributed by atoms with van der Waals surface area (Å²) in [7, 11) is -1.99. The van der Waals surface area contributed by atoms with Crippen LogP contribution < -0.4 is 0 Å². The number of nitrogens with zero attached hydrogens (tertiary/aromatic N) is 1. The van der Waals surface area contributed by atoms with E-state index in [9.17, 15) is 0 Å². The van der Waals surface area contributed by atoms with Crippen molar-refractivity contribution in [3.63, 3.8) is 0 Å². The molecule has 0 saturated carbocycles. The van der Waals surface area contributed by atoms with E-state index in [0.29, 0.717) is 0 Å². The molecule has 72 valence electrons. The van der Waals surface area contributed by atoms with Gasteiger partial charge >= 0.3 is 89.1 Å². The van der Waals surface area contributed by atoms with Crippen LogP contribution in [0.3, 0.4) is 0 Å². The molecule has 0 fully saturated rings. The van der Waals surface area contributed by atoms with Crippen LogP contribution >= 0.6 is 0 Å². The van der Waals surface area contributed by atoms with Gasteiger partial charge < -0.3 is 0 Å². The minimum atomic E-state index is -1.25. The van der Waals surface area contributed by atoms with Crippen LogP contribution in [0, 0.1) is 0 Å². The van der Waals surface area contributed by atoms with Gasteiger partial charge in [0, 0.05) is 0 Å². The Morgan fingerprint density at radius 1 is 0.750 bits per heavy atom. The van der Waals surface area contributed by atoms with Gasteiger partial charge in [-0.2, -0.15) is 0 Å². The van der Waals surface area contributed by atoms with E-state index < -0.39 is 38.2 Å². The normalized spacial score (nSPS) is 13.8. The molecule has 12 heavy (non-hydrogen) atoms. The topological polar surface area (TPSA) is 3.24 Å². The van der Waals surface area contributed by atoms with Gasteiger partial charge in [0.2, 0.25) is 0 Å². The zero-order chi connectivity index (χ0) is 10.2. The standard InChI is InChI=1S/C6H18NSi2.2CH3.In/c1-8(2,3)7-9(4,5)6;;;/h1-6H3;2*1H3;/q-1;;;+1. The summed E-state index contributed by atoms with van der Waals surface area (Å²) >= 11 is -1.25. The summed E-state index contributed by atoms with van der Waals surface area (Å²) in [6.07, 6.45) is 0. The Morgan fingerprint density at radius 3 is 1.00 bits per heavy atom. The third-order valence-corrected chi connectivity index (χ3v) is 32.0. The van der Waals surface area contributed by atoms with E-state index >= 15 is 0 Å². The van der Waals surface area contributed by atoms with E-state index in [0.717, 1.165) is 0 Å². The molecular weight excluding hydrogens is 281 g/mol. The van der Waals surface area contributed by atoms with Gasteiger partial charge in [-0.15, -0.1) is 0 Å². The van der Waals surface area contributed by atoms with Crippen LogP contribution in [-0.4, -0.2) is 40.4 Å². The zero-order valence-electron chi connectivity index (χ0n) is 10.0. The molecule has 0 spiro atoms. The van der Waals surface area contributed by atoms with Gasteiger partial charge in [0.1, 0.15) is 0 Å².